The summed E-state index contributed by atoms with van der Waals surface area (Å²) in [4.78, 5) is 12.1. The van der Waals surface area contributed by atoms with E-state index < -0.39 is 5.91 Å². The van der Waals surface area contributed by atoms with Crippen LogP contribution in [0.4, 0.5) is 11.4 Å². The number of carbonyl (C=O) groups is 1. The number of phenols is 2. The monoisotopic (exact) mass is 274 g/mol. The molecule has 0 radical (unpaired) electrons. The average molecular weight is 274 g/mol. The zero-order valence-corrected chi connectivity index (χ0v) is 10.8. The van der Waals surface area contributed by atoms with Crippen molar-refractivity contribution in [3.8, 4) is 17.2 Å². The van der Waals surface area contributed by atoms with Crippen LogP contribution >= 0.6 is 0 Å². The molecule has 0 aromatic heterocycles. The summed E-state index contributed by atoms with van der Waals surface area (Å²) in [5.41, 5.74) is 6.55. The number of nitrogens with two attached hydrogens (primary N) is 1. The molecule has 2 aromatic rings. The normalized spacial score (nSPS) is 10.1. The van der Waals surface area contributed by atoms with Gasteiger partial charge in [0, 0.05) is 11.8 Å². The van der Waals surface area contributed by atoms with E-state index in [1.807, 2.05) is 0 Å². The van der Waals surface area contributed by atoms with Crippen LogP contribution < -0.4 is 15.8 Å². The van der Waals surface area contributed by atoms with Gasteiger partial charge in [-0.15, -0.1) is 0 Å². The fourth-order valence-corrected chi connectivity index (χ4v) is 1.72. The molecular formula is C14H14N2O4. The van der Waals surface area contributed by atoms with Crippen LogP contribution in [0.1, 0.15) is 10.4 Å². The van der Waals surface area contributed by atoms with Crippen LogP contribution in [0.15, 0.2) is 36.4 Å². The fourth-order valence-electron chi connectivity index (χ4n) is 1.72. The number of methoxy groups -OCH3 is 1. The summed E-state index contributed by atoms with van der Waals surface area (Å²) >= 11 is 0. The highest BCUT2D eigenvalue weighted by Crippen LogP contribution is 2.28. The number of hydrogen-bond donors (Lipinski definition) is 4. The van der Waals surface area contributed by atoms with Gasteiger partial charge in [0.05, 0.1) is 18.4 Å². The Hall–Kier alpha value is -2.89. The zero-order chi connectivity index (χ0) is 14.7. The first kappa shape index (κ1) is 13.5. The number of nitrogen functional groups attached to an aromatic ring is 1. The number of amides is 1. The highest BCUT2D eigenvalue weighted by Gasteiger charge is 2.14. The minimum Gasteiger partial charge on any atom is -0.508 e. The molecule has 5 N–H and O–H groups in total. The lowest BCUT2D eigenvalue weighted by molar-refractivity contribution is 0.102. The Balaban J connectivity index is 2.30. The van der Waals surface area contributed by atoms with Gasteiger partial charge in [-0.1, -0.05) is 0 Å². The zero-order valence-electron chi connectivity index (χ0n) is 10.8. The summed E-state index contributed by atoms with van der Waals surface area (Å²) in [5, 5.41) is 21.4. The molecule has 6 heteroatoms. The lowest BCUT2D eigenvalue weighted by Crippen LogP contribution is -2.13. The number of carbonyl (C=O) groups excluding carboxylic acids is 1. The summed E-state index contributed by atoms with van der Waals surface area (Å²) < 4.78 is 5.11. The molecule has 104 valence electrons. The highest BCUT2D eigenvalue weighted by atomic mass is 16.5. The van der Waals surface area contributed by atoms with Crippen LogP contribution in [0.2, 0.25) is 0 Å². The Morgan fingerprint density at radius 2 is 1.95 bits per heavy atom. The summed E-state index contributed by atoms with van der Waals surface area (Å²) in [6.07, 6.45) is 0. The molecule has 1 amide bonds. The smallest absolute Gasteiger partial charge is 0.259 e. The highest BCUT2D eigenvalue weighted by molar-refractivity contribution is 6.07. The predicted molar refractivity (Wildman–Crippen MR) is 75.1 cm³/mol. The van der Waals surface area contributed by atoms with Crippen LogP contribution in [-0.4, -0.2) is 23.2 Å². The van der Waals surface area contributed by atoms with Gasteiger partial charge in [0.25, 0.3) is 5.91 Å². The molecule has 0 saturated carbocycles. The van der Waals surface area contributed by atoms with E-state index in [2.05, 4.69) is 5.32 Å². The summed E-state index contributed by atoms with van der Waals surface area (Å²) in [7, 11) is 1.47. The molecule has 0 saturated heterocycles. The molecule has 6 nitrogen and oxygen atoms in total. The van der Waals surface area contributed by atoms with Crippen molar-refractivity contribution in [2.45, 2.75) is 0 Å². The van der Waals surface area contributed by atoms with E-state index >= 15 is 0 Å². The van der Waals surface area contributed by atoms with E-state index in [1.165, 1.54) is 19.2 Å². The Morgan fingerprint density at radius 1 is 1.20 bits per heavy atom. The van der Waals surface area contributed by atoms with Gasteiger partial charge in [0.15, 0.2) is 0 Å². The van der Waals surface area contributed by atoms with Crippen LogP contribution in [0.3, 0.4) is 0 Å². The second-order valence-electron chi connectivity index (χ2n) is 4.12. The summed E-state index contributed by atoms with van der Waals surface area (Å²) in [6, 6.07) is 8.54. The minimum atomic E-state index is -0.536. The number of anilines is 2. The SMILES string of the molecule is COc1ccc(N)cc1NC(=O)c1ccc(O)cc1O. The lowest BCUT2D eigenvalue weighted by atomic mass is 10.1. The van der Waals surface area contributed by atoms with Gasteiger partial charge in [0.1, 0.15) is 17.2 Å². The third-order valence-corrected chi connectivity index (χ3v) is 2.70. The topological polar surface area (TPSA) is 105 Å². The van der Waals surface area contributed by atoms with Crippen molar-refractivity contribution in [1.29, 1.82) is 0 Å². The third-order valence-electron chi connectivity index (χ3n) is 2.70. The van der Waals surface area contributed by atoms with Crippen molar-refractivity contribution < 1.29 is 19.7 Å². The molecule has 2 aromatic carbocycles. The summed E-state index contributed by atoms with van der Waals surface area (Å²) in [5.74, 6) is -0.525. The van der Waals surface area contributed by atoms with E-state index in [1.54, 1.807) is 18.2 Å². The maximum absolute atomic E-state index is 12.1. The fraction of sp³-hybridized carbons (Fsp3) is 0.0714. The van der Waals surface area contributed by atoms with Crippen molar-refractivity contribution in [3.63, 3.8) is 0 Å². The number of phenolic OH excluding ortho intramolecular Hbond substituents is 2. The first-order chi connectivity index (χ1) is 9.51. The van der Waals surface area contributed by atoms with Gasteiger partial charge >= 0.3 is 0 Å². The molecule has 0 aliphatic carbocycles. The Labute approximate surface area is 115 Å². The van der Waals surface area contributed by atoms with Gasteiger partial charge in [-0.25, -0.2) is 0 Å². The van der Waals surface area contributed by atoms with E-state index in [-0.39, 0.29) is 17.1 Å². The van der Waals surface area contributed by atoms with Crippen LogP contribution in [0.5, 0.6) is 17.2 Å². The van der Waals surface area contributed by atoms with Crippen molar-refractivity contribution in [3.05, 3.63) is 42.0 Å². The van der Waals surface area contributed by atoms with Gasteiger partial charge in [-0.2, -0.15) is 0 Å². The Morgan fingerprint density at radius 3 is 2.60 bits per heavy atom. The van der Waals surface area contributed by atoms with Gasteiger partial charge in [-0.3, -0.25) is 4.79 Å². The molecule has 0 heterocycles. The maximum Gasteiger partial charge on any atom is 0.259 e. The van der Waals surface area contributed by atoms with Crippen LogP contribution in [-0.2, 0) is 0 Å². The number of aromatic hydroxyl groups is 2. The molecule has 0 unspecified atom stereocenters. The van der Waals surface area contributed by atoms with Crippen molar-refractivity contribution in [1.82, 2.24) is 0 Å². The first-order valence-corrected chi connectivity index (χ1v) is 5.78. The van der Waals surface area contributed by atoms with Gasteiger partial charge < -0.3 is 26.0 Å². The Bertz CT molecular complexity index is 656. The van der Waals surface area contributed by atoms with E-state index in [0.29, 0.717) is 17.1 Å². The Kier molecular flexibility index (Phi) is 3.65. The van der Waals surface area contributed by atoms with E-state index in [0.717, 1.165) is 6.07 Å². The molecule has 0 aliphatic heterocycles. The molecule has 20 heavy (non-hydrogen) atoms. The number of ether oxygens (including phenoxy) is 1. The predicted octanol–water partition coefficient (Wildman–Crippen LogP) is 1.94. The first-order valence-electron chi connectivity index (χ1n) is 5.78. The van der Waals surface area contributed by atoms with Crippen LogP contribution in [0, 0.1) is 0 Å². The van der Waals surface area contributed by atoms with Crippen molar-refractivity contribution in [2.75, 3.05) is 18.2 Å². The number of hydrogen-bond acceptors (Lipinski definition) is 5. The van der Waals surface area contributed by atoms with Crippen molar-refractivity contribution in [2.24, 2.45) is 0 Å². The average Bonchev–Trinajstić information content (AvgIpc) is 2.38. The number of nitrogens with one attached hydrogen (secondary N) is 1. The standard InChI is InChI=1S/C14H14N2O4/c1-20-13-5-2-8(15)6-11(13)16-14(19)10-4-3-9(17)7-12(10)18/h2-7,17-18H,15H2,1H3,(H,16,19). The van der Waals surface area contributed by atoms with Gasteiger partial charge in [0.2, 0.25) is 0 Å². The number of rotatable bonds is 3. The number of benzene rings is 2. The molecule has 0 aliphatic rings. The molecular weight excluding hydrogens is 260 g/mol. The lowest BCUT2D eigenvalue weighted by Gasteiger charge is -2.11. The molecule has 0 spiro atoms. The molecule has 0 atom stereocenters. The third kappa shape index (κ3) is 2.74. The van der Waals surface area contributed by atoms with Crippen LogP contribution in [0.25, 0.3) is 0 Å². The van der Waals surface area contributed by atoms with Crippen molar-refractivity contribution >= 4 is 17.3 Å². The molecule has 2 rings (SSSR count). The van der Waals surface area contributed by atoms with E-state index in [4.69, 9.17) is 10.5 Å². The second kappa shape index (κ2) is 5.40. The molecule has 0 fully saturated rings. The summed E-state index contributed by atoms with van der Waals surface area (Å²) in [6.45, 7) is 0. The largest absolute Gasteiger partial charge is 0.508 e. The van der Waals surface area contributed by atoms with Gasteiger partial charge in [-0.05, 0) is 30.3 Å². The second-order valence-corrected chi connectivity index (χ2v) is 4.12. The molecule has 0 bridgehead atoms. The quantitative estimate of drug-likeness (QED) is 0.640. The minimum absolute atomic E-state index is 0.0345. The maximum atomic E-state index is 12.1. The van der Waals surface area contributed by atoms with E-state index in [9.17, 15) is 15.0 Å².